The zero-order valence-electron chi connectivity index (χ0n) is 34.1. The largest absolute Gasteiger partial charge is 0.460 e. The Hall–Kier alpha value is -5.78. The van der Waals surface area contributed by atoms with Crippen molar-refractivity contribution in [3.8, 4) is 0 Å². The number of anilines is 3. The highest BCUT2D eigenvalue weighted by Crippen LogP contribution is 2.38. The minimum Gasteiger partial charge on any atom is -0.460 e. The number of piperidine rings is 1. The molecule has 2 saturated heterocycles. The number of nitrogen functional groups attached to an aromatic ring is 1. The number of carbonyl (C=O) groups is 5. The van der Waals surface area contributed by atoms with Gasteiger partial charge >= 0.3 is 24.3 Å². The van der Waals surface area contributed by atoms with E-state index in [4.69, 9.17) is 26.8 Å². The molecule has 2 aromatic carbocycles. The Morgan fingerprint density at radius 1 is 0.984 bits per heavy atom. The molecule has 0 bridgehead atoms. The summed E-state index contributed by atoms with van der Waals surface area (Å²) in [6, 6.07) is 12.5. The van der Waals surface area contributed by atoms with Gasteiger partial charge in [-0.05, 0) is 67.1 Å². The predicted octanol–water partition coefficient (Wildman–Crippen LogP) is 5.70. The third-order valence-electron chi connectivity index (χ3n) is 11.2. The predicted molar refractivity (Wildman–Crippen MR) is 221 cm³/mol. The number of para-hydroxylation sites is 1. The van der Waals surface area contributed by atoms with Crippen LogP contribution < -0.4 is 16.0 Å². The highest BCUT2D eigenvalue weighted by atomic mass is 35.5. The standard InChI is InChI=1S/C42H50ClF3N8O7/c1-3-13-50(27(2)55)21-22-60-39(57)30-8-9-36(48-26-30)51-17-19-52(20-18-51)38(56)35(25-28-23-32(42(44,45)46)37(47)33(43)24-28)61-41(59)53-14-11-31(12-15-53)54-16-10-29-6-4-5-7-34(29)49-40(54)58/h4-9,23-24,26,31,35H,3,10-22,25,47H2,1-2H3,(H,49,58)/t35-/m1/s1. The fraction of sp³-hybridized carbons (Fsp3) is 0.476. The normalized spacial score (nSPS) is 16.6. The molecule has 1 atom stereocenters. The smallest absolute Gasteiger partial charge is 0.418 e. The molecule has 1 aromatic heterocycles. The molecule has 0 saturated carbocycles. The average molecular weight is 871 g/mol. The molecule has 5 amide bonds. The number of pyridine rings is 1. The van der Waals surface area contributed by atoms with Crippen LogP contribution in [-0.4, -0.2) is 132 Å². The summed E-state index contributed by atoms with van der Waals surface area (Å²) in [5.41, 5.74) is 5.88. The van der Waals surface area contributed by atoms with Crippen molar-refractivity contribution < 1.29 is 46.6 Å². The molecule has 61 heavy (non-hydrogen) atoms. The van der Waals surface area contributed by atoms with Crippen LogP contribution in [0, 0.1) is 0 Å². The number of hydrogen-bond acceptors (Lipinski definition) is 10. The topological polar surface area (TPSA) is 171 Å². The highest BCUT2D eigenvalue weighted by Gasteiger charge is 2.38. The van der Waals surface area contributed by atoms with Crippen LogP contribution in [0.15, 0.2) is 54.7 Å². The van der Waals surface area contributed by atoms with Crippen molar-refractivity contribution in [1.82, 2.24) is 24.6 Å². The van der Waals surface area contributed by atoms with Crippen molar-refractivity contribution in [3.05, 3.63) is 82.0 Å². The van der Waals surface area contributed by atoms with Gasteiger partial charge in [0.1, 0.15) is 12.4 Å². The molecular weight excluding hydrogens is 821 g/mol. The Balaban J connectivity index is 1.08. The molecule has 0 aliphatic carbocycles. The van der Waals surface area contributed by atoms with Crippen LogP contribution in [0.1, 0.15) is 60.2 Å². The Morgan fingerprint density at radius 3 is 2.36 bits per heavy atom. The van der Waals surface area contributed by atoms with Gasteiger partial charge in [-0.15, -0.1) is 0 Å². The Labute approximate surface area is 356 Å². The monoisotopic (exact) mass is 870 g/mol. The molecule has 0 radical (unpaired) electrons. The number of nitrogens with one attached hydrogen (secondary N) is 1. The van der Waals surface area contributed by atoms with Crippen molar-refractivity contribution in [1.29, 1.82) is 0 Å². The summed E-state index contributed by atoms with van der Waals surface area (Å²) in [5, 5.41) is 2.62. The van der Waals surface area contributed by atoms with Gasteiger partial charge in [0, 0.05) is 83.6 Å². The number of rotatable bonds is 12. The number of benzene rings is 2. The number of halogens is 4. The number of piperazine rings is 1. The number of aromatic nitrogens is 1. The third-order valence-corrected chi connectivity index (χ3v) is 11.5. The number of carbonyl (C=O) groups excluding carboxylic acids is 5. The number of nitrogens with two attached hydrogens (primary N) is 1. The Kier molecular flexibility index (Phi) is 14.5. The molecule has 328 valence electrons. The van der Waals surface area contributed by atoms with E-state index in [1.54, 1.807) is 21.9 Å². The van der Waals surface area contributed by atoms with E-state index in [1.165, 1.54) is 29.0 Å². The van der Waals surface area contributed by atoms with Crippen molar-refractivity contribution in [2.75, 3.05) is 81.5 Å². The van der Waals surface area contributed by atoms with Crippen LogP contribution in [0.5, 0.6) is 0 Å². The van der Waals surface area contributed by atoms with Gasteiger partial charge in [-0.1, -0.05) is 36.7 Å². The number of ether oxygens (including phenoxy) is 2. The van der Waals surface area contributed by atoms with E-state index < -0.39 is 47.9 Å². The number of alkyl halides is 3. The van der Waals surface area contributed by atoms with Gasteiger partial charge in [-0.2, -0.15) is 13.2 Å². The lowest BCUT2D eigenvalue weighted by Crippen LogP contribution is -2.54. The van der Waals surface area contributed by atoms with Crippen molar-refractivity contribution in [2.45, 2.75) is 64.3 Å². The van der Waals surface area contributed by atoms with E-state index in [1.807, 2.05) is 36.1 Å². The van der Waals surface area contributed by atoms with Gasteiger partial charge in [-0.3, -0.25) is 9.59 Å². The van der Waals surface area contributed by atoms with Crippen LogP contribution in [0.4, 0.5) is 40.0 Å². The molecule has 3 aliphatic rings. The second-order valence-electron chi connectivity index (χ2n) is 15.2. The van der Waals surface area contributed by atoms with E-state index in [2.05, 4.69) is 10.3 Å². The molecule has 0 unspecified atom stereocenters. The van der Waals surface area contributed by atoms with Crippen LogP contribution >= 0.6 is 11.6 Å². The molecule has 4 heterocycles. The molecule has 15 nitrogen and oxygen atoms in total. The lowest BCUT2D eigenvalue weighted by molar-refractivity contribution is -0.141. The quantitative estimate of drug-likeness (QED) is 0.170. The lowest BCUT2D eigenvalue weighted by atomic mass is 10.0. The molecule has 0 spiro atoms. The molecule has 3 aromatic rings. The van der Waals surface area contributed by atoms with E-state index >= 15 is 0 Å². The first kappa shape index (κ1) is 44.8. The molecule has 3 N–H and O–H groups in total. The number of esters is 1. The fourth-order valence-corrected chi connectivity index (χ4v) is 8.04. The zero-order chi connectivity index (χ0) is 43.8. The fourth-order valence-electron chi connectivity index (χ4n) is 7.80. The van der Waals surface area contributed by atoms with Gasteiger partial charge in [0.25, 0.3) is 5.91 Å². The zero-order valence-corrected chi connectivity index (χ0v) is 34.8. The highest BCUT2D eigenvalue weighted by molar-refractivity contribution is 6.33. The SMILES string of the molecule is CCCN(CCOC(=O)c1ccc(N2CCN(C(=O)[C@@H](Cc3cc(Cl)c(N)c(C(F)(F)F)c3)OC(=O)N3CCC(N4CCc5ccccc5NC4=O)CC3)CC2)nc1)C(C)=O. The summed E-state index contributed by atoms with van der Waals surface area (Å²) in [6.07, 6.45) is -3.79. The van der Waals surface area contributed by atoms with Gasteiger partial charge in [0.05, 0.1) is 28.4 Å². The summed E-state index contributed by atoms with van der Waals surface area (Å²) in [7, 11) is 0. The van der Waals surface area contributed by atoms with Gasteiger partial charge in [0.2, 0.25) is 5.91 Å². The summed E-state index contributed by atoms with van der Waals surface area (Å²) in [6.45, 7) is 6.23. The summed E-state index contributed by atoms with van der Waals surface area (Å²) >= 11 is 6.13. The maximum absolute atomic E-state index is 14.1. The minimum absolute atomic E-state index is 0.00291. The molecule has 3 aliphatic heterocycles. The number of hydrogen-bond donors (Lipinski definition) is 2. The number of amides is 5. The molecular formula is C42H50ClF3N8O7. The molecule has 19 heteroatoms. The second kappa shape index (κ2) is 19.7. The van der Waals surface area contributed by atoms with Gasteiger partial charge in [0.15, 0.2) is 6.10 Å². The maximum Gasteiger partial charge on any atom is 0.418 e. The molecule has 6 rings (SSSR count). The average Bonchev–Trinajstić information content (AvgIpc) is 3.41. The number of fused-ring (bicyclic) bond motifs is 1. The summed E-state index contributed by atoms with van der Waals surface area (Å²) < 4.78 is 52.9. The summed E-state index contributed by atoms with van der Waals surface area (Å²) in [5.74, 6) is -0.744. The number of urea groups is 1. The van der Waals surface area contributed by atoms with Gasteiger partial charge < -0.3 is 45.0 Å². The number of likely N-dealkylation sites (tertiary alicyclic amines) is 1. The number of nitrogens with zero attached hydrogens (tertiary/aromatic N) is 6. The lowest BCUT2D eigenvalue weighted by Gasteiger charge is -2.39. The van der Waals surface area contributed by atoms with E-state index in [9.17, 15) is 37.1 Å². The van der Waals surface area contributed by atoms with Gasteiger partial charge in [-0.25, -0.2) is 19.4 Å². The van der Waals surface area contributed by atoms with Crippen molar-refractivity contribution in [3.63, 3.8) is 0 Å². The molecule has 2 fully saturated rings. The third kappa shape index (κ3) is 11.1. The second-order valence-corrected chi connectivity index (χ2v) is 15.6. The van der Waals surface area contributed by atoms with Crippen LogP contribution in [0.2, 0.25) is 5.02 Å². The van der Waals surface area contributed by atoms with E-state index in [0.717, 1.165) is 23.7 Å². The Bertz CT molecular complexity index is 2080. The van der Waals surface area contributed by atoms with E-state index in [0.29, 0.717) is 51.3 Å². The van der Waals surface area contributed by atoms with Crippen molar-refractivity contribution in [2.24, 2.45) is 0 Å². The van der Waals surface area contributed by atoms with Crippen molar-refractivity contribution >= 4 is 58.7 Å². The van der Waals surface area contributed by atoms with Crippen LogP contribution in [0.3, 0.4) is 0 Å². The first-order valence-electron chi connectivity index (χ1n) is 20.3. The van der Waals surface area contributed by atoms with Crippen LogP contribution in [-0.2, 0) is 38.1 Å². The first-order chi connectivity index (χ1) is 29.1. The maximum atomic E-state index is 14.1. The summed E-state index contributed by atoms with van der Waals surface area (Å²) in [4.78, 5) is 78.0. The van der Waals surface area contributed by atoms with E-state index in [-0.39, 0.29) is 73.5 Å². The first-order valence-corrected chi connectivity index (χ1v) is 20.7. The van der Waals surface area contributed by atoms with Crippen LogP contribution in [0.25, 0.3) is 0 Å². The minimum atomic E-state index is -4.83. The Morgan fingerprint density at radius 2 is 1.70 bits per heavy atom.